The molecule has 1 nitrogen and oxygen atoms in total. The van der Waals surface area contributed by atoms with Crippen LogP contribution in [-0.2, 0) is 0 Å². The van der Waals surface area contributed by atoms with E-state index in [9.17, 15) is 0 Å². The Morgan fingerprint density at radius 1 is 1.00 bits per heavy atom. The standard InChI is InChI=1S/C14H13N/c1-10(2)12-5-6-13-7-11(9-15)3-4-14(13)8-12/h3-8,10H,1-2H3. The van der Waals surface area contributed by atoms with E-state index in [1.165, 1.54) is 10.9 Å². The molecule has 0 unspecified atom stereocenters. The zero-order chi connectivity index (χ0) is 10.8. The molecule has 2 aromatic carbocycles. The Morgan fingerprint density at radius 3 is 2.33 bits per heavy atom. The molecule has 1 heteroatoms. The van der Waals surface area contributed by atoms with Crippen LogP contribution in [0.2, 0.25) is 0 Å². The Balaban J connectivity index is 2.61. The van der Waals surface area contributed by atoms with Crippen LogP contribution in [0.25, 0.3) is 10.8 Å². The van der Waals surface area contributed by atoms with Crippen LogP contribution in [0.5, 0.6) is 0 Å². The number of nitrogens with zero attached hydrogens (tertiary/aromatic N) is 1. The molecular weight excluding hydrogens is 182 g/mol. The normalized spacial score (nSPS) is 10.5. The smallest absolute Gasteiger partial charge is 0.0991 e. The van der Waals surface area contributed by atoms with Gasteiger partial charge < -0.3 is 0 Å². The summed E-state index contributed by atoms with van der Waals surface area (Å²) in [6.07, 6.45) is 0. The summed E-state index contributed by atoms with van der Waals surface area (Å²) in [6, 6.07) is 14.4. The first-order chi connectivity index (χ1) is 7.20. The van der Waals surface area contributed by atoms with Gasteiger partial charge in [-0.15, -0.1) is 0 Å². The first-order valence-electron chi connectivity index (χ1n) is 5.14. The fraction of sp³-hybridized carbons (Fsp3) is 0.214. The van der Waals surface area contributed by atoms with Gasteiger partial charge >= 0.3 is 0 Å². The van der Waals surface area contributed by atoms with E-state index in [1.54, 1.807) is 0 Å². The maximum atomic E-state index is 8.79. The second kappa shape index (κ2) is 3.74. The van der Waals surface area contributed by atoms with Crippen LogP contribution in [0.1, 0.15) is 30.9 Å². The Morgan fingerprint density at radius 2 is 1.67 bits per heavy atom. The summed E-state index contributed by atoms with van der Waals surface area (Å²) in [7, 11) is 0. The van der Waals surface area contributed by atoms with Gasteiger partial charge in [-0.05, 0) is 34.4 Å². The summed E-state index contributed by atoms with van der Waals surface area (Å²) in [5.74, 6) is 0.546. The fourth-order valence-corrected chi connectivity index (χ4v) is 1.69. The lowest BCUT2D eigenvalue weighted by Gasteiger charge is -2.06. The maximum absolute atomic E-state index is 8.79. The second-order valence-electron chi connectivity index (χ2n) is 4.09. The number of benzene rings is 2. The molecule has 0 spiro atoms. The number of rotatable bonds is 1. The van der Waals surface area contributed by atoms with Gasteiger partial charge in [-0.2, -0.15) is 5.26 Å². The summed E-state index contributed by atoms with van der Waals surface area (Å²) >= 11 is 0. The monoisotopic (exact) mass is 195 g/mol. The number of hydrogen-bond donors (Lipinski definition) is 0. The summed E-state index contributed by atoms with van der Waals surface area (Å²) in [5, 5.41) is 11.1. The van der Waals surface area contributed by atoms with Gasteiger partial charge in [-0.1, -0.05) is 38.1 Å². The lowest BCUT2D eigenvalue weighted by molar-refractivity contribution is 0.869. The lowest BCUT2D eigenvalue weighted by Crippen LogP contribution is -1.86. The molecule has 0 bridgehead atoms. The van der Waals surface area contributed by atoms with Crippen molar-refractivity contribution in [2.24, 2.45) is 0 Å². The second-order valence-corrected chi connectivity index (χ2v) is 4.09. The molecule has 0 fully saturated rings. The summed E-state index contributed by atoms with van der Waals surface area (Å²) in [6.45, 7) is 4.37. The van der Waals surface area contributed by atoms with Gasteiger partial charge in [0.1, 0.15) is 0 Å². The molecular formula is C14H13N. The average molecular weight is 195 g/mol. The Kier molecular flexibility index (Phi) is 2.43. The SMILES string of the molecule is CC(C)c1ccc2cc(C#N)ccc2c1. The van der Waals surface area contributed by atoms with Crippen LogP contribution in [0, 0.1) is 11.3 Å². The third-order valence-electron chi connectivity index (χ3n) is 2.66. The summed E-state index contributed by atoms with van der Waals surface area (Å²) in [5.41, 5.74) is 2.06. The largest absolute Gasteiger partial charge is 0.192 e. The van der Waals surface area contributed by atoms with Gasteiger partial charge in [0.25, 0.3) is 0 Å². The van der Waals surface area contributed by atoms with E-state index in [4.69, 9.17) is 5.26 Å². The molecule has 0 N–H and O–H groups in total. The van der Waals surface area contributed by atoms with Crippen LogP contribution in [0.15, 0.2) is 36.4 Å². The van der Waals surface area contributed by atoms with Gasteiger partial charge in [0.2, 0.25) is 0 Å². The molecule has 0 atom stereocenters. The van der Waals surface area contributed by atoms with Gasteiger partial charge in [-0.25, -0.2) is 0 Å². The highest BCUT2D eigenvalue weighted by atomic mass is 14.2. The molecule has 2 rings (SSSR count). The minimum Gasteiger partial charge on any atom is -0.192 e. The van der Waals surface area contributed by atoms with E-state index >= 15 is 0 Å². The molecule has 0 aliphatic carbocycles. The zero-order valence-corrected chi connectivity index (χ0v) is 8.99. The van der Waals surface area contributed by atoms with Crippen molar-refractivity contribution in [1.82, 2.24) is 0 Å². The van der Waals surface area contributed by atoms with Crippen molar-refractivity contribution in [1.29, 1.82) is 5.26 Å². The lowest BCUT2D eigenvalue weighted by atomic mass is 9.98. The maximum Gasteiger partial charge on any atom is 0.0991 e. The molecule has 0 heterocycles. The molecule has 0 amide bonds. The summed E-state index contributed by atoms with van der Waals surface area (Å²) in [4.78, 5) is 0. The predicted molar refractivity (Wildman–Crippen MR) is 62.8 cm³/mol. The molecule has 15 heavy (non-hydrogen) atoms. The molecule has 0 radical (unpaired) electrons. The highest BCUT2D eigenvalue weighted by molar-refractivity contribution is 5.84. The van der Waals surface area contributed by atoms with E-state index < -0.39 is 0 Å². The van der Waals surface area contributed by atoms with Crippen LogP contribution < -0.4 is 0 Å². The molecule has 74 valence electrons. The van der Waals surface area contributed by atoms with Crippen LogP contribution in [0.4, 0.5) is 0 Å². The minimum absolute atomic E-state index is 0.546. The van der Waals surface area contributed by atoms with Crippen LogP contribution >= 0.6 is 0 Å². The van der Waals surface area contributed by atoms with Gasteiger partial charge in [-0.3, -0.25) is 0 Å². The van der Waals surface area contributed by atoms with Crippen molar-refractivity contribution < 1.29 is 0 Å². The van der Waals surface area contributed by atoms with E-state index in [-0.39, 0.29) is 0 Å². The van der Waals surface area contributed by atoms with Gasteiger partial charge in [0.15, 0.2) is 0 Å². The number of nitriles is 1. The first-order valence-corrected chi connectivity index (χ1v) is 5.14. The fourth-order valence-electron chi connectivity index (χ4n) is 1.69. The minimum atomic E-state index is 0.546. The van der Waals surface area contributed by atoms with Crippen molar-refractivity contribution in [3.63, 3.8) is 0 Å². The van der Waals surface area contributed by atoms with Crippen molar-refractivity contribution in [2.75, 3.05) is 0 Å². The average Bonchev–Trinajstić information content (AvgIpc) is 2.27. The predicted octanol–water partition coefficient (Wildman–Crippen LogP) is 3.83. The van der Waals surface area contributed by atoms with Crippen LogP contribution in [0.3, 0.4) is 0 Å². The van der Waals surface area contributed by atoms with E-state index in [0.717, 1.165) is 10.9 Å². The Hall–Kier alpha value is -1.81. The molecule has 0 aromatic heterocycles. The van der Waals surface area contributed by atoms with Crippen LogP contribution in [-0.4, -0.2) is 0 Å². The highest BCUT2D eigenvalue weighted by Crippen LogP contribution is 2.22. The quantitative estimate of drug-likeness (QED) is 0.678. The van der Waals surface area contributed by atoms with E-state index in [2.05, 4.69) is 38.1 Å². The molecule has 0 aliphatic rings. The Bertz CT molecular complexity index is 533. The van der Waals surface area contributed by atoms with E-state index in [0.29, 0.717) is 5.92 Å². The van der Waals surface area contributed by atoms with Crippen molar-refractivity contribution in [3.8, 4) is 6.07 Å². The van der Waals surface area contributed by atoms with Gasteiger partial charge in [0, 0.05) is 0 Å². The number of hydrogen-bond acceptors (Lipinski definition) is 1. The third kappa shape index (κ3) is 1.85. The van der Waals surface area contributed by atoms with Crippen molar-refractivity contribution in [3.05, 3.63) is 47.5 Å². The highest BCUT2D eigenvalue weighted by Gasteiger charge is 2.01. The number of fused-ring (bicyclic) bond motifs is 1. The molecule has 0 saturated heterocycles. The van der Waals surface area contributed by atoms with Crippen molar-refractivity contribution >= 4 is 10.8 Å². The third-order valence-corrected chi connectivity index (χ3v) is 2.66. The molecule has 2 aromatic rings. The Labute approximate surface area is 90.0 Å². The zero-order valence-electron chi connectivity index (χ0n) is 8.99. The van der Waals surface area contributed by atoms with E-state index in [1.807, 2.05) is 18.2 Å². The molecule has 0 saturated carbocycles. The van der Waals surface area contributed by atoms with Crippen molar-refractivity contribution in [2.45, 2.75) is 19.8 Å². The van der Waals surface area contributed by atoms with Gasteiger partial charge in [0.05, 0.1) is 11.6 Å². The first kappa shape index (κ1) is 9.73. The topological polar surface area (TPSA) is 23.8 Å². The molecule has 0 aliphatic heterocycles. The summed E-state index contributed by atoms with van der Waals surface area (Å²) < 4.78 is 0.